The molecule has 0 spiro atoms. The highest BCUT2D eigenvalue weighted by molar-refractivity contribution is 5.70. The number of aliphatic hydroxyl groups is 1. The van der Waals surface area contributed by atoms with Crippen molar-refractivity contribution in [2.75, 3.05) is 7.11 Å². The molecular weight excluding hydrogens is 180 g/mol. The molecule has 2 atom stereocenters. The number of aliphatic hydroxyl groups excluding tert-OH is 1. The van der Waals surface area contributed by atoms with E-state index < -0.39 is 6.10 Å². The minimum atomic E-state index is -0.489. The van der Waals surface area contributed by atoms with Gasteiger partial charge in [-0.05, 0) is 0 Å². The molecule has 1 aliphatic carbocycles. The third-order valence-electron chi connectivity index (χ3n) is 3.60. The molecule has 3 nitrogen and oxygen atoms in total. The van der Waals surface area contributed by atoms with E-state index in [1.165, 1.54) is 7.11 Å². The summed E-state index contributed by atoms with van der Waals surface area (Å²) in [6.07, 6.45) is 3.49. The molecule has 0 saturated heterocycles. The fourth-order valence-electron chi connectivity index (χ4n) is 1.76. The third kappa shape index (κ3) is 1.57. The first-order valence-electron chi connectivity index (χ1n) is 4.78. The first-order valence-corrected chi connectivity index (χ1v) is 4.78. The fraction of sp³-hybridized carbons (Fsp3) is 0.727. The first kappa shape index (κ1) is 11.2. The molecular formula is C11H18O3. The average molecular weight is 198 g/mol. The summed E-state index contributed by atoms with van der Waals surface area (Å²) in [5, 5.41) is 9.74. The van der Waals surface area contributed by atoms with Crippen LogP contribution in [0.15, 0.2) is 12.2 Å². The highest BCUT2D eigenvalue weighted by Crippen LogP contribution is 2.50. The van der Waals surface area contributed by atoms with Gasteiger partial charge in [0, 0.05) is 10.8 Å². The molecule has 1 N–H and O–H groups in total. The Bertz CT molecular complexity index is 268. The van der Waals surface area contributed by atoms with E-state index in [4.69, 9.17) is 0 Å². The number of methoxy groups -OCH3 is 1. The van der Waals surface area contributed by atoms with Gasteiger partial charge in [0.25, 0.3) is 0 Å². The molecule has 0 heterocycles. The number of carbonyl (C=O) groups excluding carboxylic acids is 1. The maximum atomic E-state index is 11.2. The Morgan fingerprint density at radius 1 is 1.50 bits per heavy atom. The van der Waals surface area contributed by atoms with Crippen LogP contribution in [0.3, 0.4) is 0 Å². The zero-order valence-corrected chi connectivity index (χ0v) is 9.20. The van der Waals surface area contributed by atoms with Gasteiger partial charge >= 0.3 is 5.97 Å². The molecule has 80 valence electrons. The van der Waals surface area contributed by atoms with Crippen molar-refractivity contribution < 1.29 is 14.6 Å². The Morgan fingerprint density at radius 2 is 2.07 bits per heavy atom. The third-order valence-corrected chi connectivity index (χ3v) is 3.60. The topological polar surface area (TPSA) is 46.5 Å². The van der Waals surface area contributed by atoms with Crippen LogP contribution in [0, 0.1) is 10.8 Å². The lowest BCUT2D eigenvalue weighted by molar-refractivity contribution is -0.144. The summed E-state index contributed by atoms with van der Waals surface area (Å²) in [5.74, 6) is -0.237. The van der Waals surface area contributed by atoms with Crippen LogP contribution in [0.2, 0.25) is 0 Å². The summed E-state index contributed by atoms with van der Waals surface area (Å²) >= 11 is 0. The van der Waals surface area contributed by atoms with Crippen LogP contribution in [0.25, 0.3) is 0 Å². The van der Waals surface area contributed by atoms with Crippen molar-refractivity contribution >= 4 is 5.97 Å². The van der Waals surface area contributed by atoms with Crippen molar-refractivity contribution in [2.24, 2.45) is 10.8 Å². The number of hydrogen-bond acceptors (Lipinski definition) is 3. The van der Waals surface area contributed by atoms with Crippen LogP contribution in [0.1, 0.15) is 27.2 Å². The zero-order chi connectivity index (χ0) is 11.0. The second-order valence-corrected chi connectivity index (χ2v) is 4.70. The molecule has 0 aromatic heterocycles. The van der Waals surface area contributed by atoms with Gasteiger partial charge < -0.3 is 9.84 Å². The molecule has 0 aromatic carbocycles. The van der Waals surface area contributed by atoms with Gasteiger partial charge in [0.1, 0.15) is 0 Å². The van der Waals surface area contributed by atoms with Crippen molar-refractivity contribution in [3.63, 3.8) is 0 Å². The number of ether oxygens (including phenoxy) is 1. The van der Waals surface area contributed by atoms with E-state index in [1.807, 2.05) is 26.8 Å². The van der Waals surface area contributed by atoms with Crippen LogP contribution in [-0.4, -0.2) is 24.3 Å². The Hall–Kier alpha value is -0.830. The molecule has 0 saturated carbocycles. The molecule has 0 aromatic rings. The molecule has 0 amide bonds. The van der Waals surface area contributed by atoms with Gasteiger partial charge in [0.2, 0.25) is 0 Å². The second-order valence-electron chi connectivity index (χ2n) is 4.70. The molecule has 1 unspecified atom stereocenters. The quantitative estimate of drug-likeness (QED) is 0.540. The van der Waals surface area contributed by atoms with Gasteiger partial charge in [-0.1, -0.05) is 32.9 Å². The van der Waals surface area contributed by atoms with Crippen LogP contribution >= 0.6 is 0 Å². The van der Waals surface area contributed by atoms with E-state index in [1.54, 1.807) is 6.08 Å². The largest absolute Gasteiger partial charge is 0.469 e. The number of esters is 1. The number of allylic oxidation sites excluding steroid dienone is 1. The summed E-state index contributed by atoms with van der Waals surface area (Å²) in [6.45, 7) is 5.89. The SMILES string of the molecule is COC(=O)C[C@@]1(C)C=CC(O)C1(C)C. The summed E-state index contributed by atoms with van der Waals surface area (Å²) < 4.78 is 4.65. The maximum absolute atomic E-state index is 11.2. The van der Waals surface area contributed by atoms with E-state index in [0.717, 1.165) is 0 Å². The summed E-state index contributed by atoms with van der Waals surface area (Å²) in [7, 11) is 1.38. The molecule has 0 aliphatic heterocycles. The number of rotatable bonds is 2. The molecule has 14 heavy (non-hydrogen) atoms. The Labute approximate surface area is 84.8 Å². The molecule has 0 fully saturated rings. The van der Waals surface area contributed by atoms with Crippen molar-refractivity contribution in [1.82, 2.24) is 0 Å². The van der Waals surface area contributed by atoms with E-state index in [0.29, 0.717) is 6.42 Å². The Kier molecular flexibility index (Phi) is 2.72. The lowest BCUT2D eigenvalue weighted by atomic mass is 9.66. The predicted octanol–water partition coefficient (Wildman–Crippen LogP) is 1.51. The lowest BCUT2D eigenvalue weighted by Crippen LogP contribution is -2.39. The van der Waals surface area contributed by atoms with Gasteiger partial charge in [-0.25, -0.2) is 0 Å². The molecule has 1 rings (SSSR count). The molecule has 0 bridgehead atoms. The summed E-state index contributed by atoms with van der Waals surface area (Å²) in [6, 6.07) is 0. The van der Waals surface area contributed by atoms with Gasteiger partial charge in [-0.3, -0.25) is 4.79 Å². The van der Waals surface area contributed by atoms with E-state index in [2.05, 4.69) is 4.74 Å². The van der Waals surface area contributed by atoms with Crippen molar-refractivity contribution in [2.45, 2.75) is 33.3 Å². The van der Waals surface area contributed by atoms with Gasteiger partial charge in [0.05, 0.1) is 19.6 Å². The lowest BCUT2D eigenvalue weighted by Gasteiger charge is -2.39. The summed E-state index contributed by atoms with van der Waals surface area (Å²) in [5.41, 5.74) is -0.638. The molecule has 1 aliphatic rings. The zero-order valence-electron chi connectivity index (χ0n) is 9.20. The normalized spacial score (nSPS) is 34.5. The predicted molar refractivity (Wildman–Crippen MR) is 53.7 cm³/mol. The Balaban J connectivity index is 2.85. The molecule has 0 radical (unpaired) electrons. The molecule has 3 heteroatoms. The number of hydrogen-bond donors (Lipinski definition) is 1. The fourth-order valence-corrected chi connectivity index (χ4v) is 1.76. The van der Waals surface area contributed by atoms with Crippen LogP contribution in [0.5, 0.6) is 0 Å². The van der Waals surface area contributed by atoms with Crippen LogP contribution in [0.4, 0.5) is 0 Å². The minimum Gasteiger partial charge on any atom is -0.469 e. The standard InChI is InChI=1S/C11H18O3/c1-10(2)8(12)5-6-11(10,3)7-9(13)14-4/h5-6,8,12H,7H2,1-4H3/t8?,11-/m1/s1. The Morgan fingerprint density at radius 3 is 2.43 bits per heavy atom. The van der Waals surface area contributed by atoms with Crippen LogP contribution < -0.4 is 0 Å². The summed E-state index contributed by atoms with van der Waals surface area (Å²) in [4.78, 5) is 11.2. The van der Waals surface area contributed by atoms with E-state index in [-0.39, 0.29) is 16.8 Å². The van der Waals surface area contributed by atoms with Crippen LogP contribution in [-0.2, 0) is 9.53 Å². The average Bonchev–Trinajstić information content (AvgIpc) is 2.30. The first-order chi connectivity index (χ1) is 6.33. The number of carbonyl (C=O) groups is 1. The highest BCUT2D eigenvalue weighted by Gasteiger charge is 2.48. The highest BCUT2D eigenvalue weighted by atomic mass is 16.5. The van der Waals surface area contributed by atoms with Gasteiger partial charge in [0.15, 0.2) is 0 Å². The van der Waals surface area contributed by atoms with Gasteiger partial charge in [-0.2, -0.15) is 0 Å². The second kappa shape index (κ2) is 3.39. The van der Waals surface area contributed by atoms with Gasteiger partial charge in [-0.15, -0.1) is 0 Å². The maximum Gasteiger partial charge on any atom is 0.306 e. The monoisotopic (exact) mass is 198 g/mol. The van der Waals surface area contributed by atoms with Crippen molar-refractivity contribution in [3.05, 3.63) is 12.2 Å². The van der Waals surface area contributed by atoms with Crippen molar-refractivity contribution in [3.8, 4) is 0 Å². The smallest absolute Gasteiger partial charge is 0.306 e. The van der Waals surface area contributed by atoms with E-state index >= 15 is 0 Å². The van der Waals surface area contributed by atoms with Crippen molar-refractivity contribution in [1.29, 1.82) is 0 Å². The minimum absolute atomic E-state index is 0.237. The van der Waals surface area contributed by atoms with E-state index in [9.17, 15) is 9.90 Å².